The highest BCUT2D eigenvalue weighted by Crippen LogP contribution is 2.35. The molecule has 30 heavy (non-hydrogen) atoms. The van der Waals surface area contributed by atoms with Crippen LogP contribution in [0.1, 0.15) is 29.9 Å². The van der Waals surface area contributed by atoms with E-state index in [9.17, 15) is 4.79 Å². The molecule has 1 N–H and O–H groups in total. The molecule has 0 saturated heterocycles. The molecular formula is C22H25N5O3. The summed E-state index contributed by atoms with van der Waals surface area (Å²) in [6.45, 7) is 6.64. The minimum Gasteiger partial charge on any atom is -0.493 e. The Labute approximate surface area is 174 Å². The number of aromatic nitrogens is 5. The second-order valence-corrected chi connectivity index (χ2v) is 7.42. The van der Waals surface area contributed by atoms with Gasteiger partial charge in [-0.25, -0.2) is 9.50 Å². The summed E-state index contributed by atoms with van der Waals surface area (Å²) in [6, 6.07) is 9.23. The van der Waals surface area contributed by atoms with E-state index >= 15 is 0 Å². The van der Waals surface area contributed by atoms with E-state index in [0.29, 0.717) is 23.7 Å². The largest absolute Gasteiger partial charge is 0.493 e. The zero-order valence-electron chi connectivity index (χ0n) is 17.8. The number of hydrogen-bond donors (Lipinski definition) is 1. The number of H-pyrrole nitrogens is 1. The van der Waals surface area contributed by atoms with Crippen molar-refractivity contribution in [3.8, 4) is 22.6 Å². The third-order valence-electron chi connectivity index (χ3n) is 5.37. The summed E-state index contributed by atoms with van der Waals surface area (Å²) < 4.78 is 14.2. The van der Waals surface area contributed by atoms with E-state index in [1.165, 1.54) is 4.52 Å². The van der Waals surface area contributed by atoms with Crippen LogP contribution in [0.4, 0.5) is 0 Å². The van der Waals surface area contributed by atoms with Gasteiger partial charge in [-0.1, -0.05) is 13.0 Å². The molecule has 0 aliphatic carbocycles. The Morgan fingerprint density at radius 1 is 1.10 bits per heavy atom. The van der Waals surface area contributed by atoms with Gasteiger partial charge >= 0.3 is 0 Å². The number of rotatable bonds is 6. The molecule has 0 spiro atoms. The number of aryl methyl sites for hydroxylation is 2. The van der Waals surface area contributed by atoms with E-state index in [4.69, 9.17) is 14.5 Å². The number of aromatic amines is 1. The average Bonchev–Trinajstić information content (AvgIpc) is 3.29. The highest BCUT2D eigenvalue weighted by molar-refractivity contribution is 5.81. The van der Waals surface area contributed by atoms with E-state index < -0.39 is 0 Å². The summed E-state index contributed by atoms with van der Waals surface area (Å²) in [5.41, 5.74) is 4.85. The van der Waals surface area contributed by atoms with Gasteiger partial charge in [0.25, 0.3) is 5.56 Å². The quantitative estimate of drug-likeness (QED) is 0.530. The zero-order chi connectivity index (χ0) is 21.4. The molecule has 156 valence electrons. The first-order chi connectivity index (χ1) is 14.4. The van der Waals surface area contributed by atoms with Crippen molar-refractivity contribution in [2.45, 2.75) is 33.2 Å². The average molecular weight is 407 g/mol. The summed E-state index contributed by atoms with van der Waals surface area (Å²) in [7, 11) is 3.20. The Morgan fingerprint density at radius 3 is 2.53 bits per heavy atom. The highest BCUT2D eigenvalue weighted by atomic mass is 16.5. The normalized spacial score (nSPS) is 12.3. The summed E-state index contributed by atoms with van der Waals surface area (Å²) in [6.07, 6.45) is 1.78. The maximum Gasteiger partial charge on any atom is 0.272 e. The monoisotopic (exact) mass is 407 g/mol. The molecule has 0 fully saturated rings. The SMILES string of the molecule is COc1ccc(-c2c(C)[nH]n3c(=O)cc(C(C)Cn4nccc4C)nc23)cc1OC. The summed E-state index contributed by atoms with van der Waals surface area (Å²) in [4.78, 5) is 17.7. The first kappa shape index (κ1) is 19.8. The fourth-order valence-corrected chi connectivity index (χ4v) is 3.70. The molecule has 0 radical (unpaired) electrons. The van der Waals surface area contributed by atoms with Crippen molar-refractivity contribution >= 4 is 5.65 Å². The van der Waals surface area contributed by atoms with Gasteiger partial charge in [-0.15, -0.1) is 0 Å². The van der Waals surface area contributed by atoms with Crippen molar-refractivity contribution in [1.82, 2.24) is 24.4 Å². The Morgan fingerprint density at radius 2 is 1.87 bits per heavy atom. The second kappa shape index (κ2) is 7.70. The molecule has 0 saturated carbocycles. The maximum absolute atomic E-state index is 12.8. The van der Waals surface area contributed by atoms with Gasteiger partial charge in [0.2, 0.25) is 0 Å². The van der Waals surface area contributed by atoms with Crippen LogP contribution >= 0.6 is 0 Å². The Bertz CT molecular complexity index is 1270. The molecule has 0 aliphatic heterocycles. The Balaban J connectivity index is 1.83. The molecule has 0 bridgehead atoms. The standard InChI is InChI=1S/C22H25N5O3/c1-13(12-26-14(2)8-9-23-26)17-11-20(28)27-22(24-17)21(15(3)25-27)16-6-7-18(29-4)19(10-16)30-5/h6-11,13,25H,12H2,1-5H3. The molecule has 4 rings (SSSR count). The number of nitrogens with one attached hydrogen (secondary N) is 1. The number of methoxy groups -OCH3 is 2. The molecule has 8 heteroatoms. The smallest absolute Gasteiger partial charge is 0.272 e. The van der Waals surface area contributed by atoms with Crippen LogP contribution in [0.2, 0.25) is 0 Å². The van der Waals surface area contributed by atoms with Crippen molar-refractivity contribution in [1.29, 1.82) is 0 Å². The van der Waals surface area contributed by atoms with Crippen molar-refractivity contribution < 1.29 is 9.47 Å². The molecule has 3 heterocycles. The molecule has 1 unspecified atom stereocenters. The molecule has 1 atom stereocenters. The molecule has 8 nitrogen and oxygen atoms in total. The fraction of sp³-hybridized carbons (Fsp3) is 0.318. The number of benzene rings is 1. The summed E-state index contributed by atoms with van der Waals surface area (Å²) in [5.74, 6) is 1.29. The second-order valence-electron chi connectivity index (χ2n) is 7.42. The van der Waals surface area contributed by atoms with Gasteiger partial charge < -0.3 is 9.47 Å². The van der Waals surface area contributed by atoms with Crippen LogP contribution < -0.4 is 15.0 Å². The molecule has 0 aliphatic rings. The Hall–Kier alpha value is -3.55. The van der Waals surface area contributed by atoms with Gasteiger partial charge in [-0.05, 0) is 37.6 Å². The van der Waals surface area contributed by atoms with Gasteiger partial charge in [0.05, 0.1) is 19.9 Å². The first-order valence-corrected chi connectivity index (χ1v) is 9.76. The first-order valence-electron chi connectivity index (χ1n) is 9.76. The lowest BCUT2D eigenvalue weighted by molar-refractivity contribution is 0.355. The van der Waals surface area contributed by atoms with Gasteiger partial charge in [0, 0.05) is 41.7 Å². The highest BCUT2D eigenvalue weighted by Gasteiger charge is 2.19. The zero-order valence-corrected chi connectivity index (χ0v) is 17.8. The predicted molar refractivity (Wildman–Crippen MR) is 114 cm³/mol. The van der Waals surface area contributed by atoms with E-state index in [1.807, 2.05) is 42.8 Å². The van der Waals surface area contributed by atoms with Crippen LogP contribution in [0.15, 0.2) is 41.3 Å². The molecule has 4 aromatic rings. The maximum atomic E-state index is 12.8. The van der Waals surface area contributed by atoms with Crippen molar-refractivity contribution in [3.63, 3.8) is 0 Å². The number of fused-ring (bicyclic) bond motifs is 1. The van der Waals surface area contributed by atoms with Crippen LogP contribution in [0.3, 0.4) is 0 Å². The number of nitrogens with zero attached hydrogens (tertiary/aromatic N) is 4. The van der Waals surface area contributed by atoms with Crippen molar-refractivity contribution in [2.75, 3.05) is 14.2 Å². The third-order valence-corrected chi connectivity index (χ3v) is 5.37. The van der Waals surface area contributed by atoms with Crippen LogP contribution in [0, 0.1) is 13.8 Å². The van der Waals surface area contributed by atoms with Crippen LogP contribution in [-0.4, -0.2) is 38.6 Å². The summed E-state index contributed by atoms with van der Waals surface area (Å²) in [5, 5.41) is 7.48. The predicted octanol–water partition coefficient (Wildman–Crippen LogP) is 3.32. The number of ether oxygens (including phenoxy) is 2. The van der Waals surface area contributed by atoms with E-state index in [0.717, 1.165) is 28.2 Å². The van der Waals surface area contributed by atoms with E-state index in [-0.39, 0.29) is 11.5 Å². The minimum absolute atomic E-state index is 0.0229. The van der Waals surface area contributed by atoms with Gasteiger partial charge in [-0.2, -0.15) is 5.10 Å². The van der Waals surface area contributed by atoms with E-state index in [1.54, 1.807) is 26.5 Å². The molecule has 1 aromatic carbocycles. The lowest BCUT2D eigenvalue weighted by Crippen LogP contribution is -2.18. The third kappa shape index (κ3) is 3.34. The molecular weight excluding hydrogens is 382 g/mol. The van der Waals surface area contributed by atoms with Crippen molar-refractivity contribution in [3.05, 3.63) is 64.0 Å². The Kier molecular flexibility index (Phi) is 5.07. The lowest BCUT2D eigenvalue weighted by atomic mass is 10.0. The van der Waals surface area contributed by atoms with E-state index in [2.05, 4.69) is 17.1 Å². The lowest BCUT2D eigenvalue weighted by Gasteiger charge is -2.13. The van der Waals surface area contributed by atoms with Crippen LogP contribution in [0.25, 0.3) is 16.8 Å². The minimum atomic E-state index is -0.145. The van der Waals surface area contributed by atoms with Gasteiger partial charge in [0.1, 0.15) is 0 Å². The van der Waals surface area contributed by atoms with Crippen molar-refractivity contribution in [2.24, 2.45) is 0 Å². The van der Waals surface area contributed by atoms with Gasteiger partial charge in [-0.3, -0.25) is 14.6 Å². The summed E-state index contributed by atoms with van der Waals surface area (Å²) >= 11 is 0. The van der Waals surface area contributed by atoms with Crippen LogP contribution in [-0.2, 0) is 6.54 Å². The topological polar surface area (TPSA) is 86.4 Å². The molecule has 3 aromatic heterocycles. The fourth-order valence-electron chi connectivity index (χ4n) is 3.70. The van der Waals surface area contributed by atoms with Crippen LogP contribution in [0.5, 0.6) is 11.5 Å². The number of hydrogen-bond acceptors (Lipinski definition) is 5. The molecule has 0 amide bonds. The van der Waals surface area contributed by atoms with Gasteiger partial charge in [0.15, 0.2) is 17.1 Å².